The molecule has 0 saturated heterocycles. The van der Waals surface area contributed by atoms with Crippen molar-refractivity contribution in [3.05, 3.63) is 82.3 Å². The van der Waals surface area contributed by atoms with Crippen LogP contribution < -0.4 is 21.1 Å². The number of hydrogen-bond acceptors (Lipinski definition) is 5. The standard InChI is InChI=1S/C31H32ClFN4O4/c1-30(2,3)15-16-13-20(28(39)36-17-10-11-18(26(34)38)23(14-17)41-4)24(19-7-5-9-22(32)25(19)33)31(16)21-8-6-12-35-27(21)37-29(31)40/h5-12,14,16,20,24H,13,15H2,1-4H3,(H2,34,38)(H,36,39)(H,35,37,40)/t16-,20+,24-,31-/m0/s1. The van der Waals surface area contributed by atoms with E-state index in [1.807, 2.05) is 6.07 Å². The van der Waals surface area contributed by atoms with Crippen LogP contribution >= 0.6 is 11.6 Å². The minimum atomic E-state index is -1.27. The Kier molecular flexibility index (Phi) is 7.27. The van der Waals surface area contributed by atoms with E-state index in [0.717, 1.165) is 0 Å². The van der Waals surface area contributed by atoms with Crippen LogP contribution in [0.15, 0.2) is 54.7 Å². The molecule has 1 aliphatic heterocycles. The second kappa shape index (κ2) is 10.4. The van der Waals surface area contributed by atoms with Crippen molar-refractivity contribution in [2.45, 2.75) is 44.9 Å². The van der Waals surface area contributed by atoms with Gasteiger partial charge >= 0.3 is 0 Å². The van der Waals surface area contributed by atoms with Gasteiger partial charge in [0.1, 0.15) is 17.4 Å². The Hall–Kier alpha value is -3.98. The average Bonchev–Trinajstić information content (AvgIpc) is 3.39. The van der Waals surface area contributed by atoms with Gasteiger partial charge in [-0.05, 0) is 54.0 Å². The Morgan fingerprint density at radius 1 is 1.22 bits per heavy atom. The van der Waals surface area contributed by atoms with E-state index >= 15 is 4.39 Å². The number of halogens is 2. The predicted molar refractivity (Wildman–Crippen MR) is 155 cm³/mol. The zero-order valence-electron chi connectivity index (χ0n) is 23.3. The van der Waals surface area contributed by atoms with E-state index < -0.39 is 34.9 Å². The third-order valence-electron chi connectivity index (χ3n) is 8.18. The highest BCUT2D eigenvalue weighted by molar-refractivity contribution is 6.30. The van der Waals surface area contributed by atoms with Gasteiger partial charge in [0.15, 0.2) is 0 Å². The molecule has 4 atom stereocenters. The number of ether oxygens (including phenoxy) is 1. The van der Waals surface area contributed by atoms with Crippen LogP contribution in [0.3, 0.4) is 0 Å². The number of nitrogens with zero attached hydrogens (tertiary/aromatic N) is 1. The first-order chi connectivity index (χ1) is 19.4. The minimum absolute atomic E-state index is 0.0901. The van der Waals surface area contributed by atoms with Gasteiger partial charge in [0.05, 0.1) is 23.1 Å². The summed E-state index contributed by atoms with van der Waals surface area (Å²) in [4.78, 5) is 44.5. The van der Waals surface area contributed by atoms with Crippen molar-refractivity contribution in [1.82, 2.24) is 4.98 Å². The van der Waals surface area contributed by atoms with Crippen molar-refractivity contribution in [1.29, 1.82) is 0 Å². The highest BCUT2D eigenvalue weighted by atomic mass is 35.5. The number of anilines is 2. The van der Waals surface area contributed by atoms with Gasteiger partial charge in [0, 0.05) is 35.3 Å². The van der Waals surface area contributed by atoms with Crippen molar-refractivity contribution in [3.8, 4) is 5.75 Å². The predicted octanol–water partition coefficient (Wildman–Crippen LogP) is 5.67. The molecule has 2 aromatic carbocycles. The van der Waals surface area contributed by atoms with Gasteiger partial charge in [-0.2, -0.15) is 0 Å². The molecule has 1 aromatic heterocycles. The highest BCUT2D eigenvalue weighted by Gasteiger charge is 2.66. The normalized spacial score (nSPS) is 23.3. The van der Waals surface area contributed by atoms with Crippen LogP contribution in [0.5, 0.6) is 5.75 Å². The Labute approximate surface area is 242 Å². The fourth-order valence-corrected chi connectivity index (χ4v) is 6.94. The van der Waals surface area contributed by atoms with Crippen LogP contribution in [0.4, 0.5) is 15.9 Å². The molecule has 1 aliphatic carbocycles. The van der Waals surface area contributed by atoms with Crippen LogP contribution in [0, 0.1) is 23.1 Å². The smallest absolute Gasteiger partial charge is 0.252 e. The number of amides is 3. The van der Waals surface area contributed by atoms with Crippen LogP contribution in [-0.2, 0) is 15.0 Å². The van der Waals surface area contributed by atoms with E-state index in [1.165, 1.54) is 25.3 Å². The van der Waals surface area contributed by atoms with Gasteiger partial charge in [-0.1, -0.05) is 50.6 Å². The first-order valence-corrected chi connectivity index (χ1v) is 13.8. The molecule has 5 rings (SSSR count). The summed E-state index contributed by atoms with van der Waals surface area (Å²) in [6.07, 6.45) is 2.50. The third kappa shape index (κ3) is 4.82. The van der Waals surface area contributed by atoms with Crippen molar-refractivity contribution < 1.29 is 23.5 Å². The number of rotatable bonds is 6. The summed E-state index contributed by atoms with van der Waals surface area (Å²) in [5.41, 5.74) is 5.35. The second-order valence-corrected chi connectivity index (χ2v) is 12.3. The fourth-order valence-electron chi connectivity index (χ4n) is 6.76. The molecule has 10 heteroatoms. The third-order valence-corrected chi connectivity index (χ3v) is 8.47. The van der Waals surface area contributed by atoms with Gasteiger partial charge in [0.25, 0.3) is 5.91 Å². The molecule has 0 unspecified atom stereocenters. The van der Waals surface area contributed by atoms with E-state index in [1.54, 1.807) is 30.5 Å². The zero-order chi connectivity index (χ0) is 29.7. The monoisotopic (exact) mass is 578 g/mol. The summed E-state index contributed by atoms with van der Waals surface area (Å²) < 4.78 is 21.2. The van der Waals surface area contributed by atoms with Gasteiger partial charge in [-0.25, -0.2) is 9.37 Å². The van der Waals surface area contributed by atoms with Gasteiger partial charge in [-0.3, -0.25) is 14.4 Å². The molecule has 3 amide bonds. The largest absolute Gasteiger partial charge is 0.496 e. The zero-order valence-corrected chi connectivity index (χ0v) is 24.0. The molecule has 1 spiro atoms. The van der Waals surface area contributed by atoms with Gasteiger partial charge in [-0.15, -0.1) is 0 Å². The van der Waals surface area contributed by atoms with Crippen LogP contribution in [0.2, 0.25) is 5.02 Å². The maximum absolute atomic E-state index is 15.9. The van der Waals surface area contributed by atoms with Crippen molar-refractivity contribution in [2.75, 3.05) is 17.7 Å². The summed E-state index contributed by atoms with van der Waals surface area (Å²) >= 11 is 6.26. The summed E-state index contributed by atoms with van der Waals surface area (Å²) in [7, 11) is 1.40. The van der Waals surface area contributed by atoms with E-state index in [9.17, 15) is 14.4 Å². The maximum atomic E-state index is 15.9. The topological polar surface area (TPSA) is 123 Å². The second-order valence-electron chi connectivity index (χ2n) is 11.9. The Morgan fingerprint density at radius 2 is 1.98 bits per heavy atom. The lowest BCUT2D eigenvalue weighted by Crippen LogP contribution is -2.45. The highest BCUT2D eigenvalue weighted by Crippen LogP contribution is 2.63. The van der Waals surface area contributed by atoms with Crippen LogP contribution in [0.25, 0.3) is 0 Å². The Balaban J connectivity index is 1.68. The number of carbonyl (C=O) groups is 3. The quantitative estimate of drug-likeness (QED) is 0.348. The fraction of sp³-hybridized carbons (Fsp3) is 0.355. The lowest BCUT2D eigenvalue weighted by molar-refractivity contribution is -0.123. The molecular formula is C31H32ClFN4O4. The Morgan fingerprint density at radius 3 is 2.66 bits per heavy atom. The number of pyridine rings is 1. The molecule has 0 radical (unpaired) electrons. The summed E-state index contributed by atoms with van der Waals surface area (Å²) in [6.45, 7) is 6.23. The first-order valence-electron chi connectivity index (χ1n) is 13.4. The first kappa shape index (κ1) is 28.5. The molecule has 214 valence electrons. The van der Waals surface area contributed by atoms with Crippen LogP contribution in [0.1, 0.15) is 61.0 Å². The van der Waals surface area contributed by atoms with Crippen molar-refractivity contribution in [2.24, 2.45) is 23.0 Å². The number of hydrogen-bond donors (Lipinski definition) is 3. The molecule has 8 nitrogen and oxygen atoms in total. The number of carbonyl (C=O) groups excluding carboxylic acids is 3. The Bertz CT molecular complexity index is 1560. The lowest BCUT2D eigenvalue weighted by Gasteiger charge is -2.38. The molecule has 1 fully saturated rings. The molecule has 3 aromatic rings. The van der Waals surface area contributed by atoms with Crippen LogP contribution in [-0.4, -0.2) is 29.8 Å². The summed E-state index contributed by atoms with van der Waals surface area (Å²) in [6, 6.07) is 12.8. The molecule has 4 N–H and O–H groups in total. The van der Waals surface area contributed by atoms with Gasteiger partial charge < -0.3 is 21.1 Å². The van der Waals surface area contributed by atoms with E-state index in [2.05, 4.69) is 36.4 Å². The van der Waals surface area contributed by atoms with Crippen molar-refractivity contribution >= 4 is 40.8 Å². The number of primary amides is 1. The number of nitrogens with one attached hydrogen (secondary N) is 2. The summed E-state index contributed by atoms with van der Waals surface area (Å²) in [5, 5.41) is 5.75. The van der Waals surface area contributed by atoms with E-state index in [4.69, 9.17) is 22.1 Å². The number of aromatic nitrogens is 1. The molecule has 0 bridgehead atoms. The number of fused-ring (bicyclic) bond motifs is 2. The van der Waals surface area contributed by atoms with E-state index in [-0.39, 0.29) is 39.1 Å². The number of nitrogens with two attached hydrogens (primary N) is 1. The van der Waals surface area contributed by atoms with Gasteiger partial charge in [0.2, 0.25) is 11.8 Å². The van der Waals surface area contributed by atoms with E-state index in [0.29, 0.717) is 29.9 Å². The SMILES string of the molecule is COc1cc(NC(=O)[C@@H]2C[C@@H](CC(C)(C)C)[C@@]3(C(=O)Nc4ncccc43)[C@H]2c2cccc(Cl)c2F)ccc1C(N)=O. The lowest BCUT2D eigenvalue weighted by atomic mass is 9.62. The maximum Gasteiger partial charge on any atom is 0.252 e. The van der Waals surface area contributed by atoms with Crippen molar-refractivity contribution in [3.63, 3.8) is 0 Å². The molecule has 2 aliphatic rings. The number of benzene rings is 2. The number of methoxy groups -OCH3 is 1. The average molecular weight is 579 g/mol. The molecule has 1 saturated carbocycles. The molecular weight excluding hydrogens is 547 g/mol. The minimum Gasteiger partial charge on any atom is -0.496 e. The summed E-state index contributed by atoms with van der Waals surface area (Å²) in [5.74, 6) is -3.44. The molecule has 41 heavy (non-hydrogen) atoms. The molecule has 2 heterocycles.